The van der Waals surface area contributed by atoms with E-state index < -0.39 is 23.4 Å². The second-order valence-corrected chi connectivity index (χ2v) is 5.71. The standard InChI is InChI=1S/C16H13ClF2N3O/c1-3-8(2)16(23)21-14-13(10(17)7-20-15(14)22-16)9-4-5-11(18)12(19)6-9/h4-8,23H,2-3H2,1H3. The average Bonchev–Trinajstić information content (AvgIpc) is 2.87. The Kier molecular flexibility index (Phi) is 3.90. The third kappa shape index (κ3) is 2.62. The third-order valence-electron chi connectivity index (χ3n) is 3.78. The van der Waals surface area contributed by atoms with Crippen molar-refractivity contribution in [3.63, 3.8) is 0 Å². The van der Waals surface area contributed by atoms with Gasteiger partial charge in [-0.15, -0.1) is 0 Å². The molecule has 0 spiro atoms. The molecule has 0 amide bonds. The van der Waals surface area contributed by atoms with E-state index in [0.717, 1.165) is 12.1 Å². The molecule has 0 saturated carbocycles. The number of hydrogen-bond acceptors (Lipinski definition) is 4. The van der Waals surface area contributed by atoms with Gasteiger partial charge in [0.1, 0.15) is 5.36 Å². The third-order valence-corrected chi connectivity index (χ3v) is 4.07. The molecule has 2 aromatic rings. The van der Waals surface area contributed by atoms with Crippen molar-refractivity contribution in [2.45, 2.75) is 19.2 Å². The van der Waals surface area contributed by atoms with Gasteiger partial charge in [-0.3, -0.25) is 0 Å². The lowest BCUT2D eigenvalue weighted by Crippen LogP contribution is -2.31. The van der Waals surface area contributed by atoms with Crippen molar-refractivity contribution in [3.05, 3.63) is 58.8 Å². The quantitative estimate of drug-likeness (QED) is 0.936. The zero-order valence-electron chi connectivity index (χ0n) is 12.2. The Hall–Kier alpha value is -1.92. The van der Waals surface area contributed by atoms with Gasteiger partial charge < -0.3 is 5.11 Å². The summed E-state index contributed by atoms with van der Waals surface area (Å²) in [6.45, 7) is 5.68. The monoisotopic (exact) mass is 336 g/mol. The van der Waals surface area contributed by atoms with E-state index in [1.165, 1.54) is 12.3 Å². The Labute approximate surface area is 136 Å². The molecule has 0 bridgehead atoms. The van der Waals surface area contributed by atoms with E-state index in [2.05, 4.69) is 21.9 Å². The van der Waals surface area contributed by atoms with Crippen molar-refractivity contribution in [1.82, 2.24) is 4.98 Å². The highest BCUT2D eigenvalue weighted by Crippen LogP contribution is 2.28. The molecular formula is C16H13ClF2N3O. The Bertz CT molecular complexity index is 903. The first-order valence-corrected chi connectivity index (χ1v) is 7.38. The van der Waals surface area contributed by atoms with E-state index in [1.54, 1.807) is 0 Å². The predicted octanol–water partition coefficient (Wildman–Crippen LogP) is 2.44. The highest BCUT2D eigenvalue weighted by molar-refractivity contribution is 6.33. The minimum Gasteiger partial charge on any atom is -0.351 e. The number of pyridine rings is 1. The van der Waals surface area contributed by atoms with Crippen LogP contribution in [0.3, 0.4) is 0 Å². The van der Waals surface area contributed by atoms with Gasteiger partial charge in [-0.1, -0.05) is 24.6 Å². The molecule has 4 nitrogen and oxygen atoms in total. The molecule has 0 saturated heterocycles. The van der Waals surface area contributed by atoms with Crippen molar-refractivity contribution in [3.8, 4) is 11.1 Å². The number of nitrogens with zero attached hydrogens (tertiary/aromatic N) is 3. The van der Waals surface area contributed by atoms with Crippen molar-refractivity contribution in [1.29, 1.82) is 0 Å². The van der Waals surface area contributed by atoms with Crippen LogP contribution in [-0.2, 0) is 0 Å². The van der Waals surface area contributed by atoms with Gasteiger partial charge in [-0.05, 0) is 31.0 Å². The number of hydrogen-bond donors (Lipinski definition) is 1. The summed E-state index contributed by atoms with van der Waals surface area (Å²) in [5, 5.41) is 11.0. The lowest BCUT2D eigenvalue weighted by molar-refractivity contribution is 0.0125. The van der Waals surface area contributed by atoms with Crippen molar-refractivity contribution >= 4 is 11.6 Å². The van der Waals surface area contributed by atoms with Crippen molar-refractivity contribution < 1.29 is 13.9 Å². The number of benzene rings is 1. The summed E-state index contributed by atoms with van der Waals surface area (Å²) in [5.41, 5.74) is 0.866. The Morgan fingerprint density at radius 2 is 2.04 bits per heavy atom. The highest BCUT2D eigenvalue weighted by Gasteiger charge is 2.35. The van der Waals surface area contributed by atoms with Crippen LogP contribution in [0, 0.1) is 24.5 Å². The molecule has 0 aliphatic carbocycles. The van der Waals surface area contributed by atoms with Crippen LogP contribution in [0.25, 0.3) is 11.1 Å². The lowest BCUT2D eigenvalue weighted by Gasteiger charge is -2.21. The fourth-order valence-corrected chi connectivity index (χ4v) is 2.63. The zero-order valence-corrected chi connectivity index (χ0v) is 13.0. The van der Waals surface area contributed by atoms with Crippen LogP contribution in [0.15, 0.2) is 34.4 Å². The number of aromatic nitrogens is 1. The van der Waals surface area contributed by atoms with Crippen molar-refractivity contribution in [2.75, 3.05) is 0 Å². The summed E-state index contributed by atoms with van der Waals surface area (Å²) in [6.07, 6.45) is 1.89. The van der Waals surface area contributed by atoms with Crippen LogP contribution in [0.4, 0.5) is 8.78 Å². The Morgan fingerprint density at radius 1 is 1.30 bits per heavy atom. The van der Waals surface area contributed by atoms with Crippen LogP contribution in [0.5, 0.6) is 0 Å². The summed E-state index contributed by atoms with van der Waals surface area (Å²) in [5.74, 6) is -4.18. The molecule has 1 aliphatic rings. The molecule has 1 N–H and O–H groups in total. The van der Waals surface area contributed by atoms with E-state index in [0.29, 0.717) is 17.5 Å². The molecule has 1 aliphatic heterocycles. The fourth-order valence-electron chi connectivity index (χ4n) is 2.38. The molecule has 119 valence electrons. The maximum absolute atomic E-state index is 13.5. The minimum absolute atomic E-state index is 0.193. The maximum Gasteiger partial charge on any atom is 0.259 e. The van der Waals surface area contributed by atoms with E-state index in [1.807, 2.05) is 6.92 Å². The topological polar surface area (TPSA) is 57.8 Å². The van der Waals surface area contributed by atoms with Crippen LogP contribution >= 0.6 is 11.6 Å². The minimum atomic E-state index is -1.73. The first-order chi connectivity index (χ1) is 10.9. The average molecular weight is 337 g/mol. The van der Waals surface area contributed by atoms with Crippen molar-refractivity contribution in [2.24, 2.45) is 15.9 Å². The second kappa shape index (κ2) is 5.62. The molecular weight excluding hydrogens is 324 g/mol. The molecule has 0 fully saturated rings. The predicted molar refractivity (Wildman–Crippen MR) is 81.0 cm³/mol. The van der Waals surface area contributed by atoms with E-state index in [9.17, 15) is 13.9 Å². The fraction of sp³-hybridized carbons (Fsp3) is 0.250. The van der Waals surface area contributed by atoms with Gasteiger partial charge in [0.25, 0.3) is 5.85 Å². The van der Waals surface area contributed by atoms with Crippen LogP contribution in [-0.4, -0.2) is 15.9 Å². The smallest absolute Gasteiger partial charge is 0.259 e. The zero-order chi connectivity index (χ0) is 16.8. The molecule has 7 heteroatoms. The Morgan fingerprint density at radius 3 is 2.70 bits per heavy atom. The highest BCUT2D eigenvalue weighted by atomic mass is 35.5. The van der Waals surface area contributed by atoms with E-state index >= 15 is 0 Å². The lowest BCUT2D eigenvalue weighted by atomic mass is 10.0. The van der Waals surface area contributed by atoms with Gasteiger partial charge >= 0.3 is 0 Å². The van der Waals surface area contributed by atoms with Crippen LogP contribution in [0.1, 0.15) is 13.3 Å². The van der Waals surface area contributed by atoms with Gasteiger partial charge in [0, 0.05) is 17.7 Å². The molecule has 2 atom stereocenters. The number of rotatable bonds is 3. The molecule has 2 unspecified atom stereocenters. The number of halogens is 3. The molecule has 2 heterocycles. The maximum atomic E-state index is 13.5. The summed E-state index contributed by atoms with van der Waals surface area (Å²) in [7, 11) is 0. The van der Waals surface area contributed by atoms with Gasteiger partial charge in [0.05, 0.1) is 5.02 Å². The molecule has 3 rings (SSSR count). The summed E-state index contributed by atoms with van der Waals surface area (Å²) >= 11 is 6.16. The van der Waals surface area contributed by atoms with Gasteiger partial charge in [0.2, 0.25) is 0 Å². The summed E-state index contributed by atoms with van der Waals surface area (Å²) in [4.78, 5) is 12.4. The van der Waals surface area contributed by atoms with Gasteiger partial charge in [-0.2, -0.15) is 0 Å². The number of fused-ring (bicyclic) bond motifs is 1. The SMILES string of the molecule is [CH2]C(CC)C1(O)N=c2ncc(Cl)c(-c3ccc(F)c(F)c3)c2=N1. The largest absolute Gasteiger partial charge is 0.351 e. The van der Waals surface area contributed by atoms with Crippen LogP contribution in [0.2, 0.25) is 5.02 Å². The molecule has 1 aromatic heterocycles. The molecule has 1 aromatic carbocycles. The van der Waals surface area contributed by atoms with E-state index in [-0.39, 0.29) is 15.9 Å². The number of aliphatic hydroxyl groups is 1. The second-order valence-electron chi connectivity index (χ2n) is 5.30. The molecule has 23 heavy (non-hydrogen) atoms. The first kappa shape index (κ1) is 16.0. The van der Waals surface area contributed by atoms with Gasteiger partial charge in [-0.25, -0.2) is 23.7 Å². The summed E-state index contributed by atoms with van der Waals surface area (Å²) in [6, 6.07) is 3.40. The molecule has 1 radical (unpaired) electrons. The Balaban J connectivity index is 2.28. The van der Waals surface area contributed by atoms with Gasteiger partial charge in [0.15, 0.2) is 17.1 Å². The normalized spacial score (nSPS) is 20.6. The summed E-state index contributed by atoms with van der Waals surface area (Å²) < 4.78 is 26.7. The first-order valence-electron chi connectivity index (χ1n) is 7.01. The van der Waals surface area contributed by atoms with E-state index in [4.69, 9.17) is 11.6 Å². The van der Waals surface area contributed by atoms with Crippen LogP contribution < -0.4 is 10.8 Å².